The Morgan fingerprint density at radius 3 is 1.89 bits per heavy atom. The Kier molecular flexibility index (Phi) is 2.65. The Morgan fingerprint density at radius 2 is 1.89 bits per heavy atom. The van der Waals surface area contributed by atoms with Crippen LogP contribution in [-0.2, 0) is 4.79 Å². The minimum absolute atomic E-state index is 0.422. The van der Waals surface area contributed by atoms with Crippen molar-refractivity contribution in [3.63, 3.8) is 0 Å². The highest BCUT2D eigenvalue weighted by Gasteiger charge is 2.20. The summed E-state index contributed by atoms with van der Waals surface area (Å²) in [5.41, 5.74) is 4.27. The van der Waals surface area contributed by atoms with Gasteiger partial charge in [0, 0.05) is 0 Å². The largest absolute Gasteiger partial charge is 0.548 e. The van der Waals surface area contributed by atoms with Crippen LogP contribution in [0.2, 0.25) is 0 Å². The molecule has 0 spiro atoms. The number of carboxylic acids is 1. The van der Waals surface area contributed by atoms with Crippen LogP contribution in [0.4, 0.5) is 0 Å². The number of hydrogen-bond donors (Lipinski definition) is 1. The predicted molar refractivity (Wildman–Crippen MR) is 32.5 cm³/mol. The number of carboxylic acid groups (broad SMARTS) is 1. The molecule has 0 saturated carbocycles. The van der Waals surface area contributed by atoms with Crippen LogP contribution in [0.3, 0.4) is 0 Å². The molecule has 0 amide bonds. The van der Waals surface area contributed by atoms with Gasteiger partial charge in [0.1, 0.15) is 0 Å². The molecule has 0 atom stereocenters. The summed E-state index contributed by atoms with van der Waals surface area (Å²) in [6, 6.07) is 0. The smallest absolute Gasteiger partial charge is 0.0613 e. The zero-order valence-electron chi connectivity index (χ0n) is 5.81. The number of aliphatic carboxylic acids is 1. The minimum Gasteiger partial charge on any atom is -0.548 e. The first-order valence-corrected chi connectivity index (χ1v) is 3.07. The highest BCUT2D eigenvalue weighted by molar-refractivity contribution is 5.76. The normalized spacial score (nSPS) is 11.4. The minimum atomic E-state index is -1.16. The fraction of sp³-hybridized carbons (Fsp3) is 0.833. The van der Waals surface area contributed by atoms with Crippen LogP contribution in [0.1, 0.15) is 26.7 Å². The summed E-state index contributed by atoms with van der Waals surface area (Å²) in [6.45, 7) is 3.47. The van der Waals surface area contributed by atoms with Gasteiger partial charge in [0.05, 0.1) is 11.5 Å². The molecule has 0 radical (unpaired) electrons. The van der Waals surface area contributed by atoms with Gasteiger partial charge in [-0.15, -0.1) is 0 Å². The summed E-state index contributed by atoms with van der Waals surface area (Å²) >= 11 is 0. The van der Waals surface area contributed by atoms with Gasteiger partial charge in [0.15, 0.2) is 0 Å². The molecular formula is C6H12NO2-. The molecule has 0 unspecified atom stereocenters. The van der Waals surface area contributed by atoms with Crippen LogP contribution in [-0.4, -0.2) is 11.5 Å². The van der Waals surface area contributed by atoms with Crippen molar-refractivity contribution in [3.05, 3.63) is 0 Å². The topological polar surface area (TPSA) is 66.2 Å². The molecule has 3 heteroatoms. The lowest BCUT2D eigenvalue weighted by atomic mass is 9.95. The van der Waals surface area contributed by atoms with E-state index in [1.807, 2.05) is 0 Å². The van der Waals surface area contributed by atoms with Crippen molar-refractivity contribution >= 4 is 5.97 Å². The third-order valence-electron chi connectivity index (χ3n) is 1.67. The SMILES string of the molecule is CCC(N)(CC)C(=O)[O-]. The molecule has 0 aliphatic rings. The monoisotopic (exact) mass is 130 g/mol. The molecule has 0 fully saturated rings. The van der Waals surface area contributed by atoms with Crippen LogP contribution < -0.4 is 10.8 Å². The summed E-state index contributed by atoms with van der Waals surface area (Å²) in [6.07, 6.45) is 0.845. The van der Waals surface area contributed by atoms with Gasteiger partial charge in [-0.05, 0) is 12.8 Å². The maximum Gasteiger partial charge on any atom is 0.0613 e. The fourth-order valence-electron chi connectivity index (χ4n) is 0.539. The fourth-order valence-corrected chi connectivity index (χ4v) is 0.539. The molecule has 3 nitrogen and oxygen atoms in total. The van der Waals surface area contributed by atoms with Crippen molar-refractivity contribution in [1.29, 1.82) is 0 Å². The number of carbonyl (C=O) groups excluding carboxylic acids is 1. The number of carbonyl (C=O) groups is 1. The highest BCUT2D eigenvalue weighted by atomic mass is 16.4. The van der Waals surface area contributed by atoms with Gasteiger partial charge >= 0.3 is 0 Å². The summed E-state index contributed by atoms with van der Waals surface area (Å²) in [4.78, 5) is 10.2. The maximum absolute atomic E-state index is 10.2. The second-order valence-corrected chi connectivity index (χ2v) is 2.15. The average molecular weight is 130 g/mol. The van der Waals surface area contributed by atoms with E-state index < -0.39 is 11.5 Å². The van der Waals surface area contributed by atoms with E-state index in [1.54, 1.807) is 13.8 Å². The molecule has 0 bridgehead atoms. The lowest BCUT2D eigenvalue weighted by Crippen LogP contribution is -2.54. The molecule has 0 aliphatic carbocycles. The number of hydrogen-bond acceptors (Lipinski definition) is 3. The maximum atomic E-state index is 10.2. The summed E-state index contributed by atoms with van der Waals surface area (Å²) in [5.74, 6) is -1.16. The molecule has 0 aliphatic heterocycles. The van der Waals surface area contributed by atoms with Gasteiger partial charge < -0.3 is 15.6 Å². The van der Waals surface area contributed by atoms with Crippen LogP contribution in [0, 0.1) is 0 Å². The highest BCUT2D eigenvalue weighted by Crippen LogP contribution is 2.08. The second-order valence-electron chi connectivity index (χ2n) is 2.15. The van der Waals surface area contributed by atoms with Gasteiger partial charge in [-0.3, -0.25) is 0 Å². The van der Waals surface area contributed by atoms with E-state index in [1.165, 1.54) is 0 Å². The van der Waals surface area contributed by atoms with Gasteiger partial charge in [-0.2, -0.15) is 0 Å². The van der Waals surface area contributed by atoms with E-state index in [9.17, 15) is 9.90 Å². The number of nitrogens with two attached hydrogens (primary N) is 1. The molecule has 2 N–H and O–H groups in total. The Hall–Kier alpha value is -0.570. The van der Waals surface area contributed by atoms with E-state index in [0.29, 0.717) is 12.8 Å². The third-order valence-corrected chi connectivity index (χ3v) is 1.67. The molecule has 9 heavy (non-hydrogen) atoms. The molecular weight excluding hydrogens is 118 g/mol. The first kappa shape index (κ1) is 8.43. The average Bonchev–Trinajstić information content (AvgIpc) is 1.86. The Balaban J connectivity index is 4.09. The van der Waals surface area contributed by atoms with Crippen LogP contribution in [0.5, 0.6) is 0 Å². The van der Waals surface area contributed by atoms with Crippen molar-refractivity contribution in [2.24, 2.45) is 5.73 Å². The lowest BCUT2D eigenvalue weighted by Gasteiger charge is -2.27. The first-order valence-electron chi connectivity index (χ1n) is 3.07. The van der Waals surface area contributed by atoms with Gasteiger partial charge in [-0.25, -0.2) is 0 Å². The van der Waals surface area contributed by atoms with Crippen molar-refractivity contribution < 1.29 is 9.90 Å². The molecule has 0 rings (SSSR count). The molecule has 0 aromatic carbocycles. The predicted octanol–water partition coefficient (Wildman–Crippen LogP) is -0.746. The van der Waals surface area contributed by atoms with Gasteiger partial charge in [-0.1, -0.05) is 13.8 Å². The summed E-state index contributed by atoms with van der Waals surface area (Å²) in [7, 11) is 0. The molecule has 0 saturated heterocycles. The number of rotatable bonds is 3. The van der Waals surface area contributed by atoms with E-state index in [0.717, 1.165) is 0 Å². The van der Waals surface area contributed by atoms with Gasteiger partial charge in [0.2, 0.25) is 0 Å². The standard InChI is InChI=1S/C6H13NO2/c1-3-6(7,4-2)5(8)9/h3-4,7H2,1-2H3,(H,8,9)/p-1. The second kappa shape index (κ2) is 2.82. The summed E-state index contributed by atoms with van der Waals surface area (Å²) in [5, 5.41) is 10.2. The lowest BCUT2D eigenvalue weighted by molar-refractivity contribution is -0.313. The molecule has 0 aromatic heterocycles. The van der Waals surface area contributed by atoms with Crippen LogP contribution in [0.25, 0.3) is 0 Å². The van der Waals surface area contributed by atoms with E-state index in [-0.39, 0.29) is 0 Å². The zero-order chi connectivity index (χ0) is 7.49. The zero-order valence-corrected chi connectivity index (χ0v) is 5.81. The van der Waals surface area contributed by atoms with E-state index in [4.69, 9.17) is 5.73 Å². The Bertz CT molecular complexity index is 108. The summed E-state index contributed by atoms with van der Waals surface area (Å²) < 4.78 is 0. The third kappa shape index (κ3) is 1.68. The Labute approximate surface area is 54.9 Å². The van der Waals surface area contributed by atoms with Crippen LogP contribution >= 0.6 is 0 Å². The first-order chi connectivity index (χ1) is 4.06. The molecule has 0 heterocycles. The van der Waals surface area contributed by atoms with E-state index >= 15 is 0 Å². The van der Waals surface area contributed by atoms with Crippen molar-refractivity contribution in [2.75, 3.05) is 0 Å². The van der Waals surface area contributed by atoms with Crippen molar-refractivity contribution in [3.8, 4) is 0 Å². The van der Waals surface area contributed by atoms with Crippen molar-refractivity contribution in [1.82, 2.24) is 0 Å². The van der Waals surface area contributed by atoms with Crippen molar-refractivity contribution in [2.45, 2.75) is 32.2 Å². The van der Waals surface area contributed by atoms with E-state index in [2.05, 4.69) is 0 Å². The molecule has 54 valence electrons. The molecule has 0 aromatic rings. The van der Waals surface area contributed by atoms with Crippen LogP contribution in [0.15, 0.2) is 0 Å². The quantitative estimate of drug-likeness (QED) is 0.546. The Morgan fingerprint density at radius 1 is 1.56 bits per heavy atom. The van der Waals surface area contributed by atoms with Gasteiger partial charge in [0.25, 0.3) is 0 Å².